The van der Waals surface area contributed by atoms with Gasteiger partial charge in [-0.3, -0.25) is 9.69 Å². The van der Waals surface area contributed by atoms with E-state index in [0.29, 0.717) is 42.5 Å². The molecule has 7 heteroatoms. The highest BCUT2D eigenvalue weighted by molar-refractivity contribution is 6.30. The summed E-state index contributed by atoms with van der Waals surface area (Å²) in [6.07, 6.45) is 0. The zero-order chi connectivity index (χ0) is 19.4. The van der Waals surface area contributed by atoms with Gasteiger partial charge in [0.2, 0.25) is 0 Å². The summed E-state index contributed by atoms with van der Waals surface area (Å²) in [5, 5.41) is 0.611. The Morgan fingerprint density at radius 1 is 1.15 bits per heavy atom. The van der Waals surface area contributed by atoms with E-state index < -0.39 is 11.6 Å². The van der Waals surface area contributed by atoms with E-state index in [0.717, 1.165) is 6.07 Å². The van der Waals surface area contributed by atoms with Crippen molar-refractivity contribution < 1.29 is 18.3 Å². The van der Waals surface area contributed by atoms with Crippen LogP contribution < -0.4 is 4.74 Å². The molecule has 0 radical (unpaired) electrons. The number of amides is 1. The van der Waals surface area contributed by atoms with Gasteiger partial charge < -0.3 is 9.64 Å². The van der Waals surface area contributed by atoms with Crippen molar-refractivity contribution in [2.75, 3.05) is 26.2 Å². The summed E-state index contributed by atoms with van der Waals surface area (Å²) < 4.78 is 31.9. The van der Waals surface area contributed by atoms with Gasteiger partial charge in [-0.2, -0.15) is 0 Å². The largest absolute Gasteiger partial charge is 0.484 e. The number of rotatable bonds is 5. The molecule has 0 aliphatic carbocycles. The molecule has 2 aromatic carbocycles. The maximum absolute atomic E-state index is 13.4. The van der Waals surface area contributed by atoms with Crippen LogP contribution in [0.5, 0.6) is 5.75 Å². The zero-order valence-electron chi connectivity index (χ0n) is 15.0. The second-order valence-electron chi connectivity index (χ2n) is 6.66. The molecular formula is C20H21ClF2N2O2. The summed E-state index contributed by atoms with van der Waals surface area (Å²) in [5.74, 6) is -1.17. The summed E-state index contributed by atoms with van der Waals surface area (Å²) in [6.45, 7) is 4.34. The van der Waals surface area contributed by atoms with Crippen LogP contribution in [0.25, 0.3) is 0 Å². The topological polar surface area (TPSA) is 32.8 Å². The lowest BCUT2D eigenvalue weighted by atomic mass is 10.1. The van der Waals surface area contributed by atoms with Crippen LogP contribution in [-0.4, -0.2) is 48.0 Å². The number of ether oxygens (including phenoxy) is 1. The third kappa shape index (κ3) is 5.17. The van der Waals surface area contributed by atoms with E-state index in [1.807, 2.05) is 6.92 Å². The van der Waals surface area contributed by atoms with Gasteiger partial charge in [-0.05, 0) is 48.9 Å². The van der Waals surface area contributed by atoms with Crippen LogP contribution in [0.3, 0.4) is 0 Å². The van der Waals surface area contributed by atoms with E-state index in [9.17, 15) is 13.6 Å². The predicted octanol–water partition coefficient (Wildman–Crippen LogP) is 3.73. The van der Waals surface area contributed by atoms with Crippen LogP contribution in [0.2, 0.25) is 5.02 Å². The standard InChI is InChI=1S/C20H21ClF2N2O2/c1-14-11-24(12-15-2-7-18(22)19(23)10-15)8-9-25(14)20(26)13-27-17-5-3-16(21)4-6-17/h2-7,10,14H,8-9,11-13H2,1H3/t14-/m1/s1. The Labute approximate surface area is 162 Å². The van der Waals surface area contributed by atoms with E-state index in [2.05, 4.69) is 4.90 Å². The van der Waals surface area contributed by atoms with Gasteiger partial charge in [0, 0.05) is 37.2 Å². The Morgan fingerprint density at radius 3 is 2.56 bits per heavy atom. The molecular weight excluding hydrogens is 374 g/mol. The third-order valence-corrected chi connectivity index (χ3v) is 4.85. The van der Waals surface area contributed by atoms with Crippen molar-refractivity contribution in [2.24, 2.45) is 0 Å². The number of hydrogen-bond acceptors (Lipinski definition) is 3. The average molecular weight is 395 g/mol. The maximum atomic E-state index is 13.4. The summed E-state index contributed by atoms with van der Waals surface area (Å²) in [4.78, 5) is 16.4. The number of hydrogen-bond donors (Lipinski definition) is 0. The molecule has 1 saturated heterocycles. The Hall–Kier alpha value is -2.18. The van der Waals surface area contributed by atoms with Gasteiger partial charge in [0.15, 0.2) is 18.2 Å². The molecule has 1 aliphatic heterocycles. The lowest BCUT2D eigenvalue weighted by Crippen LogP contribution is -2.54. The smallest absolute Gasteiger partial charge is 0.260 e. The molecule has 0 spiro atoms. The Morgan fingerprint density at radius 2 is 1.89 bits per heavy atom. The van der Waals surface area contributed by atoms with Crippen LogP contribution in [-0.2, 0) is 11.3 Å². The van der Waals surface area contributed by atoms with Crippen LogP contribution >= 0.6 is 11.6 Å². The molecule has 1 fully saturated rings. The van der Waals surface area contributed by atoms with E-state index in [1.54, 1.807) is 35.2 Å². The number of carbonyl (C=O) groups excluding carboxylic acids is 1. The molecule has 1 atom stereocenters. The van der Waals surface area contributed by atoms with Crippen LogP contribution in [0, 0.1) is 11.6 Å². The molecule has 3 rings (SSSR count). The highest BCUT2D eigenvalue weighted by atomic mass is 35.5. The first-order valence-electron chi connectivity index (χ1n) is 8.76. The minimum Gasteiger partial charge on any atom is -0.484 e. The highest BCUT2D eigenvalue weighted by Gasteiger charge is 2.27. The van der Waals surface area contributed by atoms with Gasteiger partial charge in [-0.25, -0.2) is 8.78 Å². The summed E-state index contributed by atoms with van der Waals surface area (Å²) in [7, 11) is 0. The van der Waals surface area contributed by atoms with Crippen molar-refractivity contribution in [3.05, 3.63) is 64.7 Å². The van der Waals surface area contributed by atoms with Gasteiger partial charge in [-0.15, -0.1) is 0 Å². The first-order valence-corrected chi connectivity index (χ1v) is 9.14. The second kappa shape index (κ2) is 8.67. The molecule has 0 unspecified atom stereocenters. The van der Waals surface area contributed by atoms with Crippen LogP contribution in [0.4, 0.5) is 8.78 Å². The number of nitrogens with zero attached hydrogens (tertiary/aromatic N) is 2. The molecule has 0 bridgehead atoms. The number of carbonyl (C=O) groups is 1. The van der Waals surface area contributed by atoms with Crippen molar-refractivity contribution in [2.45, 2.75) is 19.5 Å². The SMILES string of the molecule is C[C@@H]1CN(Cc2ccc(F)c(F)c2)CCN1C(=O)COc1ccc(Cl)cc1. The van der Waals surface area contributed by atoms with Crippen LogP contribution in [0.15, 0.2) is 42.5 Å². The van der Waals surface area contributed by atoms with Gasteiger partial charge >= 0.3 is 0 Å². The van der Waals surface area contributed by atoms with Crippen LogP contribution in [0.1, 0.15) is 12.5 Å². The average Bonchev–Trinajstić information content (AvgIpc) is 2.64. The molecule has 144 valence electrons. The van der Waals surface area contributed by atoms with Gasteiger partial charge in [0.25, 0.3) is 5.91 Å². The van der Waals surface area contributed by atoms with Gasteiger partial charge in [0.1, 0.15) is 5.75 Å². The quantitative estimate of drug-likeness (QED) is 0.774. The van der Waals surface area contributed by atoms with Crippen molar-refractivity contribution in [3.63, 3.8) is 0 Å². The lowest BCUT2D eigenvalue weighted by Gasteiger charge is -2.39. The molecule has 1 amide bonds. The van der Waals surface area contributed by atoms with E-state index in [4.69, 9.17) is 16.3 Å². The van der Waals surface area contributed by atoms with Crippen molar-refractivity contribution >= 4 is 17.5 Å². The fourth-order valence-electron chi connectivity index (χ4n) is 3.20. The molecule has 1 aliphatic rings. The fraction of sp³-hybridized carbons (Fsp3) is 0.350. The first-order chi connectivity index (χ1) is 12.9. The van der Waals surface area contributed by atoms with E-state index in [-0.39, 0.29) is 18.6 Å². The minimum absolute atomic E-state index is 0.00497. The number of piperazine rings is 1. The summed E-state index contributed by atoms with van der Waals surface area (Å²) in [6, 6.07) is 10.8. The molecule has 4 nitrogen and oxygen atoms in total. The van der Waals surface area contributed by atoms with Crippen molar-refractivity contribution in [1.82, 2.24) is 9.80 Å². The monoisotopic (exact) mass is 394 g/mol. The summed E-state index contributed by atoms with van der Waals surface area (Å²) >= 11 is 5.83. The molecule has 0 saturated carbocycles. The Bertz CT molecular complexity index is 801. The Kier molecular flexibility index (Phi) is 6.29. The summed E-state index contributed by atoms with van der Waals surface area (Å²) in [5.41, 5.74) is 0.715. The lowest BCUT2D eigenvalue weighted by molar-refractivity contribution is -0.138. The van der Waals surface area contributed by atoms with E-state index >= 15 is 0 Å². The third-order valence-electron chi connectivity index (χ3n) is 4.60. The second-order valence-corrected chi connectivity index (χ2v) is 7.10. The highest BCUT2D eigenvalue weighted by Crippen LogP contribution is 2.18. The molecule has 0 N–H and O–H groups in total. The molecule has 27 heavy (non-hydrogen) atoms. The predicted molar refractivity (Wildman–Crippen MR) is 99.8 cm³/mol. The minimum atomic E-state index is -0.844. The molecule has 1 heterocycles. The normalized spacial score (nSPS) is 17.8. The number of benzene rings is 2. The maximum Gasteiger partial charge on any atom is 0.260 e. The molecule has 0 aromatic heterocycles. The van der Waals surface area contributed by atoms with Crippen molar-refractivity contribution in [3.8, 4) is 5.75 Å². The van der Waals surface area contributed by atoms with Gasteiger partial charge in [-0.1, -0.05) is 17.7 Å². The number of halogens is 3. The van der Waals surface area contributed by atoms with Gasteiger partial charge in [0.05, 0.1) is 0 Å². The zero-order valence-corrected chi connectivity index (χ0v) is 15.8. The molecule has 2 aromatic rings. The van der Waals surface area contributed by atoms with Crippen molar-refractivity contribution in [1.29, 1.82) is 0 Å². The Balaban J connectivity index is 1.50. The van der Waals surface area contributed by atoms with E-state index in [1.165, 1.54) is 6.07 Å². The first kappa shape index (κ1) is 19.6. The fourth-order valence-corrected chi connectivity index (χ4v) is 3.33.